The van der Waals surface area contributed by atoms with Crippen LogP contribution in [0, 0.1) is 5.41 Å². The maximum atomic E-state index is 11.1. The highest BCUT2D eigenvalue weighted by Gasteiger charge is 2.25. The van der Waals surface area contributed by atoms with Crippen LogP contribution in [-0.4, -0.2) is 5.91 Å². The Morgan fingerprint density at radius 1 is 1.73 bits per heavy atom. The van der Waals surface area contributed by atoms with E-state index in [1.807, 2.05) is 13.8 Å². The summed E-state index contributed by atoms with van der Waals surface area (Å²) in [4.78, 5) is 11.1. The summed E-state index contributed by atoms with van der Waals surface area (Å²) in [6.45, 7) is 7.31. The van der Waals surface area contributed by atoms with E-state index >= 15 is 0 Å². The summed E-state index contributed by atoms with van der Waals surface area (Å²) < 4.78 is 0. The van der Waals surface area contributed by atoms with Gasteiger partial charge in [0.1, 0.15) is 0 Å². The molecule has 0 rings (SSSR count). The zero-order valence-electron chi connectivity index (χ0n) is 7.18. The monoisotopic (exact) mass is 156 g/mol. The van der Waals surface area contributed by atoms with Crippen LogP contribution < -0.4 is 11.3 Å². The van der Waals surface area contributed by atoms with Gasteiger partial charge in [0.25, 0.3) is 0 Å². The Labute approximate surface area is 67.6 Å². The molecule has 3 heteroatoms. The number of nitrogens with one attached hydrogen (secondary N) is 1. The van der Waals surface area contributed by atoms with Crippen LogP contribution in [0.5, 0.6) is 0 Å². The predicted molar refractivity (Wildman–Crippen MR) is 45.5 cm³/mol. The van der Waals surface area contributed by atoms with Crippen molar-refractivity contribution in [2.45, 2.75) is 26.7 Å². The molecule has 0 aromatic rings. The molecule has 0 aliphatic heterocycles. The van der Waals surface area contributed by atoms with Crippen molar-refractivity contribution in [1.29, 1.82) is 0 Å². The number of hydrazine groups is 1. The van der Waals surface area contributed by atoms with Gasteiger partial charge in [-0.15, -0.1) is 6.58 Å². The average molecular weight is 156 g/mol. The minimum Gasteiger partial charge on any atom is -0.294 e. The van der Waals surface area contributed by atoms with E-state index in [2.05, 4.69) is 12.0 Å². The highest BCUT2D eigenvalue weighted by Crippen LogP contribution is 2.21. The first-order valence-corrected chi connectivity index (χ1v) is 3.66. The van der Waals surface area contributed by atoms with Crippen molar-refractivity contribution in [2.24, 2.45) is 11.3 Å². The van der Waals surface area contributed by atoms with Gasteiger partial charge in [-0.05, 0) is 12.8 Å². The molecule has 11 heavy (non-hydrogen) atoms. The predicted octanol–water partition coefficient (Wildman–Crippen LogP) is 0.969. The summed E-state index contributed by atoms with van der Waals surface area (Å²) in [5, 5.41) is 0. The van der Waals surface area contributed by atoms with Gasteiger partial charge in [-0.3, -0.25) is 10.2 Å². The van der Waals surface area contributed by atoms with Crippen LogP contribution in [0.2, 0.25) is 0 Å². The Bertz CT molecular complexity index is 152. The number of hydrogen-bond acceptors (Lipinski definition) is 2. The highest BCUT2D eigenvalue weighted by molar-refractivity contribution is 5.81. The van der Waals surface area contributed by atoms with Crippen LogP contribution in [0.1, 0.15) is 26.7 Å². The Balaban J connectivity index is 3.97. The molecule has 3 nitrogen and oxygen atoms in total. The minimum atomic E-state index is -0.386. The van der Waals surface area contributed by atoms with Gasteiger partial charge in [-0.2, -0.15) is 0 Å². The summed E-state index contributed by atoms with van der Waals surface area (Å²) in [5.41, 5.74) is 1.75. The second-order valence-electron chi connectivity index (χ2n) is 3.18. The molecular formula is C8H16N2O. The molecule has 0 atom stereocenters. The summed E-state index contributed by atoms with van der Waals surface area (Å²) in [6, 6.07) is 0. The van der Waals surface area contributed by atoms with Gasteiger partial charge in [-0.1, -0.05) is 19.9 Å². The van der Waals surface area contributed by atoms with Gasteiger partial charge in [0.15, 0.2) is 0 Å². The van der Waals surface area contributed by atoms with E-state index in [4.69, 9.17) is 5.84 Å². The van der Waals surface area contributed by atoms with Crippen molar-refractivity contribution in [2.75, 3.05) is 0 Å². The molecule has 0 aromatic carbocycles. The number of carbonyl (C=O) groups is 1. The number of amides is 1. The van der Waals surface area contributed by atoms with Gasteiger partial charge in [0.05, 0.1) is 0 Å². The van der Waals surface area contributed by atoms with E-state index in [-0.39, 0.29) is 11.3 Å². The maximum Gasteiger partial charge on any atom is 0.239 e. The number of carbonyl (C=O) groups excluding carboxylic acids is 1. The van der Waals surface area contributed by atoms with Crippen LogP contribution >= 0.6 is 0 Å². The van der Waals surface area contributed by atoms with Gasteiger partial charge in [0, 0.05) is 5.41 Å². The molecule has 0 aliphatic rings. The number of allylic oxidation sites excluding steroid dienone is 1. The fraction of sp³-hybridized carbons (Fsp3) is 0.625. The van der Waals surface area contributed by atoms with Crippen molar-refractivity contribution in [1.82, 2.24) is 5.43 Å². The highest BCUT2D eigenvalue weighted by atomic mass is 16.2. The Kier molecular flexibility index (Phi) is 3.82. The summed E-state index contributed by atoms with van der Waals surface area (Å²) in [5.74, 6) is 4.88. The molecule has 0 spiro atoms. The standard InChI is InChI=1S/C8H16N2O/c1-4-5-6-8(2,3)7(11)10-9/h4H,1,5-6,9H2,2-3H3,(H,10,11). The molecule has 0 aromatic heterocycles. The smallest absolute Gasteiger partial charge is 0.239 e. The molecule has 0 saturated heterocycles. The Morgan fingerprint density at radius 2 is 2.27 bits per heavy atom. The van der Waals surface area contributed by atoms with Crippen molar-refractivity contribution < 1.29 is 4.79 Å². The fourth-order valence-electron chi connectivity index (χ4n) is 0.772. The van der Waals surface area contributed by atoms with Crippen molar-refractivity contribution in [3.8, 4) is 0 Å². The molecule has 1 amide bonds. The summed E-state index contributed by atoms with van der Waals surface area (Å²) >= 11 is 0. The second-order valence-corrected chi connectivity index (χ2v) is 3.18. The quantitative estimate of drug-likeness (QED) is 0.276. The topological polar surface area (TPSA) is 55.1 Å². The van der Waals surface area contributed by atoms with E-state index in [1.165, 1.54) is 0 Å². The van der Waals surface area contributed by atoms with E-state index in [1.54, 1.807) is 6.08 Å². The first-order chi connectivity index (χ1) is 5.04. The summed E-state index contributed by atoms with van der Waals surface area (Å²) in [6.07, 6.45) is 3.41. The lowest BCUT2D eigenvalue weighted by Gasteiger charge is -2.20. The SMILES string of the molecule is C=CCCC(C)(C)C(=O)NN. The van der Waals surface area contributed by atoms with E-state index in [0.717, 1.165) is 12.8 Å². The van der Waals surface area contributed by atoms with Crippen LogP contribution in [0.4, 0.5) is 0 Å². The van der Waals surface area contributed by atoms with Crippen LogP contribution in [0.15, 0.2) is 12.7 Å². The minimum absolute atomic E-state index is 0.126. The van der Waals surface area contributed by atoms with E-state index < -0.39 is 0 Å². The maximum absolute atomic E-state index is 11.1. The molecule has 3 N–H and O–H groups in total. The lowest BCUT2D eigenvalue weighted by atomic mass is 9.87. The van der Waals surface area contributed by atoms with Crippen LogP contribution in [0.3, 0.4) is 0 Å². The Morgan fingerprint density at radius 3 is 2.64 bits per heavy atom. The molecular weight excluding hydrogens is 140 g/mol. The molecule has 0 radical (unpaired) electrons. The van der Waals surface area contributed by atoms with Crippen molar-refractivity contribution in [3.05, 3.63) is 12.7 Å². The lowest BCUT2D eigenvalue weighted by molar-refractivity contribution is -0.129. The van der Waals surface area contributed by atoms with Gasteiger partial charge in [-0.25, -0.2) is 5.84 Å². The lowest BCUT2D eigenvalue weighted by Crippen LogP contribution is -2.40. The van der Waals surface area contributed by atoms with Crippen LogP contribution in [0.25, 0.3) is 0 Å². The molecule has 0 fully saturated rings. The van der Waals surface area contributed by atoms with Gasteiger partial charge >= 0.3 is 0 Å². The third-order valence-corrected chi connectivity index (χ3v) is 1.72. The number of nitrogens with two attached hydrogens (primary N) is 1. The van der Waals surface area contributed by atoms with E-state index in [9.17, 15) is 4.79 Å². The summed E-state index contributed by atoms with van der Waals surface area (Å²) in [7, 11) is 0. The molecule has 0 heterocycles. The van der Waals surface area contributed by atoms with Crippen LogP contribution in [-0.2, 0) is 4.79 Å². The normalized spacial score (nSPS) is 10.8. The zero-order valence-corrected chi connectivity index (χ0v) is 7.18. The molecule has 64 valence electrons. The Hall–Kier alpha value is -0.830. The number of hydrogen-bond donors (Lipinski definition) is 2. The molecule has 0 bridgehead atoms. The molecule has 0 unspecified atom stereocenters. The van der Waals surface area contributed by atoms with E-state index in [0.29, 0.717) is 0 Å². The first-order valence-electron chi connectivity index (χ1n) is 3.66. The zero-order chi connectivity index (χ0) is 8.91. The van der Waals surface area contributed by atoms with Crippen molar-refractivity contribution >= 4 is 5.91 Å². The number of rotatable bonds is 4. The average Bonchev–Trinajstić information content (AvgIpc) is 1.99. The first kappa shape index (κ1) is 10.2. The third-order valence-electron chi connectivity index (χ3n) is 1.72. The van der Waals surface area contributed by atoms with Gasteiger partial charge in [0.2, 0.25) is 5.91 Å². The molecule has 0 saturated carbocycles. The van der Waals surface area contributed by atoms with Gasteiger partial charge < -0.3 is 0 Å². The fourth-order valence-corrected chi connectivity index (χ4v) is 0.772. The van der Waals surface area contributed by atoms with Crippen molar-refractivity contribution in [3.63, 3.8) is 0 Å². The second kappa shape index (κ2) is 4.13. The third kappa shape index (κ3) is 3.18. The molecule has 0 aliphatic carbocycles. The largest absolute Gasteiger partial charge is 0.294 e.